The van der Waals surface area contributed by atoms with Crippen LogP contribution in [0.5, 0.6) is 0 Å². The molecule has 0 fully saturated rings. The number of aromatic nitrogens is 5. The predicted octanol–water partition coefficient (Wildman–Crippen LogP) is 1.79. The minimum Gasteiger partial charge on any atom is -0.392 e. The molecule has 0 unspecified atom stereocenters. The highest BCUT2D eigenvalue weighted by molar-refractivity contribution is 5.72. The molecule has 138 valence electrons. The summed E-state index contributed by atoms with van der Waals surface area (Å²) in [6.07, 6.45) is 3.81. The lowest BCUT2D eigenvalue weighted by Gasteiger charge is -2.03. The molecule has 3 heterocycles. The van der Waals surface area contributed by atoms with Gasteiger partial charge < -0.3 is 14.2 Å². The lowest BCUT2D eigenvalue weighted by Crippen LogP contribution is -2.22. The van der Waals surface area contributed by atoms with E-state index in [1.165, 1.54) is 21.2 Å². The smallest absolute Gasteiger partial charge is 0.277 e. The number of fused-ring (bicyclic) bond motifs is 1. The van der Waals surface area contributed by atoms with Gasteiger partial charge in [0.1, 0.15) is 17.9 Å². The van der Waals surface area contributed by atoms with E-state index in [2.05, 4.69) is 15.2 Å². The summed E-state index contributed by atoms with van der Waals surface area (Å²) >= 11 is 0. The highest BCUT2D eigenvalue weighted by atomic mass is 19.1. The maximum Gasteiger partial charge on any atom is 0.277 e. The monoisotopic (exact) mass is 369 g/mol. The Bertz CT molecular complexity index is 1160. The quantitative estimate of drug-likeness (QED) is 0.576. The highest BCUT2D eigenvalue weighted by Gasteiger charge is 2.18. The molecule has 1 aromatic carbocycles. The lowest BCUT2D eigenvalue weighted by atomic mass is 10.1. The summed E-state index contributed by atoms with van der Waals surface area (Å²) in [7, 11) is 0. The van der Waals surface area contributed by atoms with Gasteiger partial charge in [-0.05, 0) is 24.3 Å². The zero-order chi connectivity index (χ0) is 19.0. The molecule has 0 spiro atoms. The molecule has 4 aromatic rings. The highest BCUT2D eigenvalue weighted by Crippen LogP contribution is 2.25. The van der Waals surface area contributed by atoms with Crippen molar-refractivity contribution in [3.05, 3.63) is 70.1 Å². The number of hydrogen-bond donors (Lipinski definition) is 1. The standard InChI is InChI=1S/C18H16FN5O3/c1-2-14-20-15(27-22-14)9-23-7-8-24-17(18(23)26)13(10-25)16(21-24)11-3-5-12(19)6-4-11/h3-8,25H,2,9-10H2,1H3. The summed E-state index contributed by atoms with van der Waals surface area (Å²) in [6, 6.07) is 5.72. The van der Waals surface area contributed by atoms with Crippen LogP contribution >= 0.6 is 0 Å². The third kappa shape index (κ3) is 3.02. The number of halogens is 1. The van der Waals surface area contributed by atoms with E-state index in [-0.39, 0.29) is 30.0 Å². The van der Waals surface area contributed by atoms with Crippen molar-refractivity contribution >= 4 is 5.52 Å². The van der Waals surface area contributed by atoms with Crippen molar-refractivity contribution in [1.29, 1.82) is 0 Å². The van der Waals surface area contributed by atoms with E-state index in [4.69, 9.17) is 4.52 Å². The molecule has 8 nitrogen and oxygen atoms in total. The van der Waals surface area contributed by atoms with Gasteiger partial charge in [-0.1, -0.05) is 12.1 Å². The first kappa shape index (κ1) is 17.1. The van der Waals surface area contributed by atoms with Crippen molar-refractivity contribution in [3.63, 3.8) is 0 Å². The maximum absolute atomic E-state index is 13.2. The molecule has 27 heavy (non-hydrogen) atoms. The Morgan fingerprint density at radius 2 is 2.00 bits per heavy atom. The largest absolute Gasteiger partial charge is 0.392 e. The number of aryl methyl sites for hydroxylation is 1. The molecular weight excluding hydrogens is 353 g/mol. The van der Waals surface area contributed by atoms with Crippen LogP contribution in [-0.2, 0) is 19.6 Å². The Morgan fingerprint density at radius 3 is 2.67 bits per heavy atom. The summed E-state index contributed by atoms with van der Waals surface area (Å²) in [6.45, 7) is 1.64. The molecule has 0 amide bonds. The lowest BCUT2D eigenvalue weighted by molar-refractivity contribution is 0.283. The molecule has 0 bridgehead atoms. The predicted molar refractivity (Wildman–Crippen MR) is 93.5 cm³/mol. The van der Waals surface area contributed by atoms with E-state index in [0.717, 1.165) is 0 Å². The molecule has 1 N–H and O–H groups in total. The zero-order valence-corrected chi connectivity index (χ0v) is 14.5. The van der Waals surface area contributed by atoms with Crippen molar-refractivity contribution in [3.8, 4) is 11.3 Å². The average molecular weight is 369 g/mol. The van der Waals surface area contributed by atoms with E-state index < -0.39 is 0 Å². The number of aliphatic hydroxyl groups excluding tert-OH is 1. The summed E-state index contributed by atoms with van der Waals surface area (Å²) in [5, 5.41) is 18.0. The van der Waals surface area contributed by atoms with E-state index in [9.17, 15) is 14.3 Å². The average Bonchev–Trinajstić information content (AvgIpc) is 3.29. The first-order chi connectivity index (χ1) is 13.1. The van der Waals surface area contributed by atoms with E-state index in [0.29, 0.717) is 35.0 Å². The number of hydrogen-bond acceptors (Lipinski definition) is 6. The van der Waals surface area contributed by atoms with Crippen LogP contribution in [0.4, 0.5) is 4.39 Å². The summed E-state index contributed by atoms with van der Waals surface area (Å²) in [4.78, 5) is 17.1. The third-order valence-corrected chi connectivity index (χ3v) is 4.27. The molecule has 0 aliphatic heterocycles. The van der Waals surface area contributed by atoms with Crippen molar-refractivity contribution < 1.29 is 14.0 Å². The fourth-order valence-electron chi connectivity index (χ4n) is 2.91. The molecule has 3 aromatic heterocycles. The van der Waals surface area contributed by atoms with Crippen molar-refractivity contribution in [2.75, 3.05) is 0 Å². The van der Waals surface area contributed by atoms with Gasteiger partial charge in [-0.25, -0.2) is 8.91 Å². The second-order valence-electron chi connectivity index (χ2n) is 5.97. The molecule has 9 heteroatoms. The molecule has 0 atom stereocenters. The van der Waals surface area contributed by atoms with Crippen LogP contribution in [-0.4, -0.2) is 29.4 Å². The number of nitrogens with zero attached hydrogens (tertiary/aromatic N) is 5. The third-order valence-electron chi connectivity index (χ3n) is 4.27. The van der Waals surface area contributed by atoms with Gasteiger partial charge in [-0.15, -0.1) is 0 Å². The van der Waals surface area contributed by atoms with Gasteiger partial charge in [0.25, 0.3) is 5.56 Å². The Morgan fingerprint density at radius 1 is 1.22 bits per heavy atom. The van der Waals surface area contributed by atoms with Crippen molar-refractivity contribution in [2.24, 2.45) is 0 Å². The van der Waals surface area contributed by atoms with Gasteiger partial charge in [-0.2, -0.15) is 10.1 Å². The second-order valence-corrected chi connectivity index (χ2v) is 5.97. The van der Waals surface area contributed by atoms with Crippen LogP contribution < -0.4 is 5.56 Å². The number of aliphatic hydroxyl groups is 1. The van der Waals surface area contributed by atoms with E-state index in [1.807, 2.05) is 6.92 Å². The first-order valence-electron chi connectivity index (χ1n) is 8.39. The van der Waals surface area contributed by atoms with Crippen LogP contribution in [0.15, 0.2) is 46.0 Å². The topological polar surface area (TPSA) is 98.5 Å². The number of rotatable bonds is 5. The van der Waals surface area contributed by atoms with Gasteiger partial charge >= 0.3 is 0 Å². The molecule has 0 saturated heterocycles. The Labute approximate surface area is 152 Å². The maximum atomic E-state index is 13.2. The second kappa shape index (κ2) is 6.76. The van der Waals surface area contributed by atoms with Crippen LogP contribution in [0.25, 0.3) is 16.8 Å². The summed E-state index contributed by atoms with van der Waals surface area (Å²) in [5.74, 6) is 0.515. The van der Waals surface area contributed by atoms with Crippen molar-refractivity contribution in [1.82, 2.24) is 24.3 Å². The minimum absolute atomic E-state index is 0.115. The summed E-state index contributed by atoms with van der Waals surface area (Å²) in [5.41, 5.74) is 1.31. The molecule has 0 radical (unpaired) electrons. The van der Waals surface area contributed by atoms with E-state index >= 15 is 0 Å². The van der Waals surface area contributed by atoms with Gasteiger partial charge in [0.05, 0.1) is 12.3 Å². The molecule has 0 saturated carbocycles. The van der Waals surface area contributed by atoms with Gasteiger partial charge in [-0.3, -0.25) is 4.79 Å². The van der Waals surface area contributed by atoms with Gasteiger partial charge in [0.2, 0.25) is 5.89 Å². The van der Waals surface area contributed by atoms with Crippen LogP contribution in [0.1, 0.15) is 24.2 Å². The molecular formula is C18H16FN5O3. The molecule has 0 aliphatic rings. The first-order valence-corrected chi connectivity index (χ1v) is 8.39. The molecule has 4 rings (SSSR count). The Kier molecular flexibility index (Phi) is 4.28. The number of benzene rings is 1. The van der Waals surface area contributed by atoms with Crippen LogP contribution in [0.2, 0.25) is 0 Å². The minimum atomic E-state index is -0.379. The van der Waals surface area contributed by atoms with Crippen molar-refractivity contribution in [2.45, 2.75) is 26.5 Å². The van der Waals surface area contributed by atoms with E-state index in [1.54, 1.807) is 24.5 Å². The van der Waals surface area contributed by atoms with Crippen LogP contribution in [0.3, 0.4) is 0 Å². The Balaban J connectivity index is 1.82. The van der Waals surface area contributed by atoms with Gasteiger partial charge in [0, 0.05) is 29.9 Å². The Hall–Kier alpha value is -3.33. The summed E-state index contributed by atoms with van der Waals surface area (Å²) < 4.78 is 21.2. The SMILES string of the molecule is CCc1noc(Cn2ccn3nc(-c4ccc(F)cc4)c(CO)c3c2=O)n1. The van der Waals surface area contributed by atoms with Crippen LogP contribution in [0, 0.1) is 5.82 Å². The van der Waals surface area contributed by atoms with Gasteiger partial charge in [0.15, 0.2) is 5.82 Å². The zero-order valence-electron chi connectivity index (χ0n) is 14.5. The normalized spacial score (nSPS) is 11.4. The fraction of sp³-hybridized carbons (Fsp3) is 0.222. The molecule has 0 aliphatic carbocycles. The fourth-order valence-corrected chi connectivity index (χ4v) is 2.91.